The molecule has 0 unspecified atom stereocenters. The van der Waals surface area contributed by atoms with E-state index >= 15 is 0 Å². The molecule has 1 aliphatic heterocycles. The number of hydrogen-bond donors (Lipinski definition) is 0. The fourth-order valence-electron chi connectivity index (χ4n) is 3.23. The standard InChI is InChI=1S/C22H26N2O3S/c1-17-8-9-18(16-20(17)27-2)22(26)24-13-11-23(12-14-24)21(25)10-15-28-19-6-4-3-5-7-19/h3-9,16H,10-15H2,1-2H3. The van der Waals surface area contributed by atoms with Crippen molar-refractivity contribution < 1.29 is 14.3 Å². The number of hydrogen-bond acceptors (Lipinski definition) is 4. The van der Waals surface area contributed by atoms with Gasteiger partial charge in [0, 0.05) is 48.8 Å². The van der Waals surface area contributed by atoms with Gasteiger partial charge < -0.3 is 14.5 Å². The predicted octanol–water partition coefficient (Wildman–Crippen LogP) is 3.47. The van der Waals surface area contributed by atoms with Crippen LogP contribution in [0, 0.1) is 6.92 Å². The summed E-state index contributed by atoms with van der Waals surface area (Å²) in [6.45, 7) is 4.25. The van der Waals surface area contributed by atoms with Crippen molar-refractivity contribution in [2.24, 2.45) is 0 Å². The van der Waals surface area contributed by atoms with E-state index in [1.54, 1.807) is 24.9 Å². The third-order valence-corrected chi connectivity index (χ3v) is 5.92. The molecule has 0 spiro atoms. The van der Waals surface area contributed by atoms with Crippen LogP contribution in [0.4, 0.5) is 0 Å². The monoisotopic (exact) mass is 398 g/mol. The van der Waals surface area contributed by atoms with E-state index in [1.807, 2.05) is 47.1 Å². The molecule has 3 rings (SSSR count). The van der Waals surface area contributed by atoms with E-state index < -0.39 is 0 Å². The molecule has 28 heavy (non-hydrogen) atoms. The second kappa shape index (κ2) is 9.64. The number of rotatable bonds is 6. The Morgan fingerprint density at radius 3 is 2.36 bits per heavy atom. The first-order valence-corrected chi connectivity index (χ1v) is 10.5. The van der Waals surface area contributed by atoms with Gasteiger partial charge in [0.15, 0.2) is 0 Å². The Hall–Kier alpha value is -2.47. The molecule has 2 aromatic carbocycles. The number of ether oxygens (including phenoxy) is 1. The molecule has 0 saturated carbocycles. The second-order valence-electron chi connectivity index (χ2n) is 6.77. The molecule has 0 aliphatic carbocycles. The number of nitrogens with zero attached hydrogens (tertiary/aromatic N) is 2. The molecule has 2 amide bonds. The summed E-state index contributed by atoms with van der Waals surface area (Å²) in [5.74, 6) is 1.64. The number of carbonyl (C=O) groups excluding carboxylic acids is 2. The van der Waals surface area contributed by atoms with Crippen LogP contribution in [0.1, 0.15) is 22.3 Å². The highest BCUT2D eigenvalue weighted by molar-refractivity contribution is 7.99. The summed E-state index contributed by atoms with van der Waals surface area (Å²) in [6.07, 6.45) is 0.517. The van der Waals surface area contributed by atoms with Gasteiger partial charge in [-0.25, -0.2) is 0 Å². The van der Waals surface area contributed by atoms with Crippen molar-refractivity contribution in [3.8, 4) is 5.75 Å². The Labute approximate surface area is 170 Å². The van der Waals surface area contributed by atoms with Gasteiger partial charge in [0.1, 0.15) is 5.75 Å². The molecule has 148 valence electrons. The third kappa shape index (κ3) is 5.07. The van der Waals surface area contributed by atoms with Gasteiger partial charge in [0.2, 0.25) is 5.91 Å². The third-order valence-electron chi connectivity index (χ3n) is 4.90. The van der Waals surface area contributed by atoms with Gasteiger partial charge >= 0.3 is 0 Å². The molecule has 0 bridgehead atoms. The summed E-state index contributed by atoms with van der Waals surface area (Å²) in [7, 11) is 1.61. The average molecular weight is 399 g/mol. The molecule has 6 heteroatoms. The van der Waals surface area contributed by atoms with E-state index in [0.717, 1.165) is 17.1 Å². The van der Waals surface area contributed by atoms with Gasteiger partial charge in [-0.3, -0.25) is 9.59 Å². The van der Waals surface area contributed by atoms with Crippen molar-refractivity contribution in [1.29, 1.82) is 0 Å². The lowest BCUT2D eigenvalue weighted by atomic mass is 10.1. The van der Waals surface area contributed by atoms with Gasteiger partial charge in [-0.1, -0.05) is 24.3 Å². The van der Waals surface area contributed by atoms with Crippen molar-refractivity contribution in [2.45, 2.75) is 18.2 Å². The lowest BCUT2D eigenvalue weighted by molar-refractivity contribution is -0.132. The first-order valence-electron chi connectivity index (χ1n) is 9.48. The topological polar surface area (TPSA) is 49.9 Å². The van der Waals surface area contributed by atoms with Crippen LogP contribution in [0.25, 0.3) is 0 Å². The number of carbonyl (C=O) groups is 2. The van der Waals surface area contributed by atoms with Crippen LogP contribution in [0.15, 0.2) is 53.4 Å². The zero-order valence-electron chi connectivity index (χ0n) is 16.4. The maximum Gasteiger partial charge on any atom is 0.254 e. The fourth-order valence-corrected chi connectivity index (χ4v) is 4.09. The molecule has 0 aromatic heterocycles. The largest absolute Gasteiger partial charge is 0.496 e. The lowest BCUT2D eigenvalue weighted by Crippen LogP contribution is -2.50. The van der Waals surface area contributed by atoms with E-state index in [0.29, 0.717) is 38.2 Å². The highest BCUT2D eigenvalue weighted by atomic mass is 32.2. The summed E-state index contributed by atoms with van der Waals surface area (Å²) in [4.78, 5) is 30.1. The fraction of sp³-hybridized carbons (Fsp3) is 0.364. The molecule has 0 N–H and O–H groups in total. The normalized spacial score (nSPS) is 14.1. The molecule has 1 heterocycles. The summed E-state index contributed by atoms with van der Waals surface area (Å²) in [6, 6.07) is 15.6. The van der Waals surface area contributed by atoms with E-state index in [2.05, 4.69) is 12.1 Å². The maximum atomic E-state index is 12.7. The van der Waals surface area contributed by atoms with Crippen LogP contribution < -0.4 is 4.74 Å². The van der Waals surface area contributed by atoms with Crippen LogP contribution in [-0.2, 0) is 4.79 Å². The Morgan fingerprint density at radius 2 is 1.68 bits per heavy atom. The van der Waals surface area contributed by atoms with Gasteiger partial charge in [-0.15, -0.1) is 11.8 Å². The summed E-state index contributed by atoms with van der Waals surface area (Å²) in [5.41, 5.74) is 1.63. The minimum atomic E-state index is -0.00923. The highest BCUT2D eigenvalue weighted by Crippen LogP contribution is 2.21. The van der Waals surface area contributed by atoms with Crippen molar-refractivity contribution in [1.82, 2.24) is 9.80 Å². The van der Waals surface area contributed by atoms with Crippen molar-refractivity contribution in [2.75, 3.05) is 39.0 Å². The van der Waals surface area contributed by atoms with Crippen LogP contribution in [0.5, 0.6) is 5.75 Å². The summed E-state index contributed by atoms with van der Waals surface area (Å²) < 4.78 is 5.32. The highest BCUT2D eigenvalue weighted by Gasteiger charge is 2.25. The molecular formula is C22H26N2O3S. The Morgan fingerprint density at radius 1 is 1.00 bits per heavy atom. The zero-order chi connectivity index (χ0) is 19.9. The predicted molar refractivity (Wildman–Crippen MR) is 112 cm³/mol. The number of amides is 2. The Kier molecular flexibility index (Phi) is 6.98. The van der Waals surface area contributed by atoms with Crippen molar-refractivity contribution in [3.63, 3.8) is 0 Å². The van der Waals surface area contributed by atoms with E-state index in [4.69, 9.17) is 4.74 Å². The SMILES string of the molecule is COc1cc(C(=O)N2CCN(C(=O)CCSc3ccccc3)CC2)ccc1C. The lowest BCUT2D eigenvalue weighted by Gasteiger charge is -2.35. The first-order chi connectivity index (χ1) is 13.6. The van der Waals surface area contributed by atoms with Crippen LogP contribution in [-0.4, -0.2) is 60.7 Å². The minimum Gasteiger partial charge on any atom is -0.496 e. The molecule has 1 aliphatic rings. The van der Waals surface area contributed by atoms with E-state index in [1.165, 1.54) is 4.90 Å². The molecular weight excluding hydrogens is 372 g/mol. The molecule has 5 nitrogen and oxygen atoms in total. The number of piperazine rings is 1. The Bertz CT molecular complexity index is 818. The van der Waals surface area contributed by atoms with Gasteiger partial charge in [0.25, 0.3) is 5.91 Å². The van der Waals surface area contributed by atoms with Crippen molar-refractivity contribution >= 4 is 23.6 Å². The van der Waals surface area contributed by atoms with Crippen LogP contribution in [0.3, 0.4) is 0 Å². The maximum absolute atomic E-state index is 12.7. The molecule has 2 aromatic rings. The second-order valence-corrected chi connectivity index (χ2v) is 7.94. The summed E-state index contributed by atoms with van der Waals surface area (Å²) >= 11 is 1.70. The summed E-state index contributed by atoms with van der Waals surface area (Å²) in [5, 5.41) is 0. The van der Waals surface area contributed by atoms with Gasteiger partial charge in [0.05, 0.1) is 7.11 Å². The van der Waals surface area contributed by atoms with E-state index in [-0.39, 0.29) is 11.8 Å². The van der Waals surface area contributed by atoms with E-state index in [9.17, 15) is 9.59 Å². The Balaban J connectivity index is 1.47. The molecule has 1 saturated heterocycles. The smallest absolute Gasteiger partial charge is 0.254 e. The quantitative estimate of drug-likeness (QED) is 0.699. The molecule has 0 radical (unpaired) electrons. The molecule has 0 atom stereocenters. The first kappa shape index (κ1) is 20.3. The van der Waals surface area contributed by atoms with Crippen LogP contribution in [0.2, 0.25) is 0 Å². The molecule has 1 fully saturated rings. The number of aryl methyl sites for hydroxylation is 1. The minimum absolute atomic E-state index is 0.00923. The number of benzene rings is 2. The van der Waals surface area contributed by atoms with Gasteiger partial charge in [-0.2, -0.15) is 0 Å². The van der Waals surface area contributed by atoms with Gasteiger partial charge in [-0.05, 0) is 36.8 Å². The zero-order valence-corrected chi connectivity index (χ0v) is 17.2. The van der Waals surface area contributed by atoms with Crippen molar-refractivity contribution in [3.05, 3.63) is 59.7 Å². The number of thioether (sulfide) groups is 1. The average Bonchev–Trinajstić information content (AvgIpc) is 2.74. The van der Waals surface area contributed by atoms with Crippen LogP contribution >= 0.6 is 11.8 Å². The number of methoxy groups -OCH3 is 1.